The highest BCUT2D eigenvalue weighted by atomic mass is 32.2. The maximum absolute atomic E-state index is 6.63. The molecule has 0 bridgehead atoms. The number of hydrogen-bond acceptors (Lipinski definition) is 15. The Labute approximate surface area is 247 Å². The molecule has 8 aliphatic rings. The zero-order valence-corrected chi connectivity index (χ0v) is 23.9. The molecule has 15 heteroatoms. The number of nitrogens with zero attached hydrogens (tertiary/aromatic N) is 9. The standard InChI is InChI=1S/C27H33N9O5S/c1-3-12-37-22(5-1)26(20-7-14-40-31-20)24(19-17-41-33-30-19)27(21-8-16-42-32-21,34-11-9-28-18-34)35(23-6-2-4-13-38-23)36(26)25-29-10-15-39-25/h2-4,6,12-13,18-19,22-24H,1,5,7-11,14-17H2. The molecule has 0 amide bonds. The third-order valence-corrected chi connectivity index (χ3v) is 9.77. The highest BCUT2D eigenvalue weighted by molar-refractivity contribution is 7.98. The first kappa shape index (κ1) is 26.1. The van der Waals surface area contributed by atoms with E-state index in [0.29, 0.717) is 51.9 Å². The summed E-state index contributed by atoms with van der Waals surface area (Å²) in [4.78, 5) is 23.4. The molecular formula is C27H33N9O5S. The number of rotatable bonds is 6. The van der Waals surface area contributed by atoms with E-state index in [9.17, 15) is 0 Å². The van der Waals surface area contributed by atoms with Crippen LogP contribution in [0.5, 0.6) is 0 Å². The van der Waals surface area contributed by atoms with Crippen LogP contribution in [0.25, 0.3) is 0 Å². The minimum Gasteiger partial charge on any atom is -0.495 e. The fraction of sp³-hybridized carbons (Fsp3) is 0.630. The van der Waals surface area contributed by atoms with Gasteiger partial charge in [-0.1, -0.05) is 11.2 Å². The summed E-state index contributed by atoms with van der Waals surface area (Å²) in [6.07, 6.45) is 15.5. The van der Waals surface area contributed by atoms with Crippen molar-refractivity contribution in [3.8, 4) is 0 Å². The fourth-order valence-corrected chi connectivity index (χ4v) is 8.41. The smallest absolute Gasteiger partial charge is 0.303 e. The quantitative estimate of drug-likeness (QED) is 0.425. The topological polar surface area (TPSA) is 130 Å². The van der Waals surface area contributed by atoms with Crippen molar-refractivity contribution in [1.29, 1.82) is 0 Å². The first-order valence-corrected chi connectivity index (χ1v) is 15.5. The van der Waals surface area contributed by atoms with E-state index in [2.05, 4.69) is 26.3 Å². The second kappa shape index (κ2) is 10.6. The van der Waals surface area contributed by atoms with Gasteiger partial charge in [0.2, 0.25) is 0 Å². The Morgan fingerprint density at radius 1 is 1.02 bits per heavy atom. The molecule has 0 aromatic heterocycles. The summed E-state index contributed by atoms with van der Waals surface area (Å²) in [6.45, 7) is 3.11. The van der Waals surface area contributed by atoms with Crippen LogP contribution in [0.2, 0.25) is 0 Å². The van der Waals surface area contributed by atoms with E-state index in [1.165, 1.54) is 0 Å². The molecule has 0 saturated carbocycles. The SMILES string of the molecule is C1=COC(N2N(C3=NCCO3)C(C3=NOCC3)(C3CCC=CO3)C(C3CON=N3)C2(C2=NSCC2)N2C=NCC2)C=C1. The maximum Gasteiger partial charge on any atom is 0.303 e. The second-order valence-electron chi connectivity index (χ2n) is 11.0. The molecule has 8 aliphatic heterocycles. The molecule has 1 fully saturated rings. The lowest BCUT2D eigenvalue weighted by Crippen LogP contribution is -2.70. The molecule has 0 aliphatic carbocycles. The first-order valence-electron chi connectivity index (χ1n) is 14.6. The van der Waals surface area contributed by atoms with Crippen LogP contribution in [-0.2, 0) is 23.9 Å². The summed E-state index contributed by atoms with van der Waals surface area (Å²) in [5.41, 5.74) is -0.0778. The van der Waals surface area contributed by atoms with Gasteiger partial charge in [0.1, 0.15) is 37.5 Å². The highest BCUT2D eigenvalue weighted by Crippen LogP contribution is 2.58. The molecule has 8 heterocycles. The number of oxime groups is 1. The molecule has 6 unspecified atom stereocenters. The molecule has 42 heavy (non-hydrogen) atoms. The largest absolute Gasteiger partial charge is 0.495 e. The Balaban J connectivity index is 1.48. The van der Waals surface area contributed by atoms with E-state index in [-0.39, 0.29) is 18.1 Å². The lowest BCUT2D eigenvalue weighted by atomic mass is 9.64. The van der Waals surface area contributed by atoms with Gasteiger partial charge < -0.3 is 28.8 Å². The van der Waals surface area contributed by atoms with Crippen LogP contribution in [0.15, 0.2) is 66.8 Å². The minimum absolute atomic E-state index is 0.298. The number of hydrogen-bond donors (Lipinski definition) is 0. The number of allylic oxidation sites excluding steroid dienone is 3. The van der Waals surface area contributed by atoms with Crippen LogP contribution in [0, 0.1) is 5.92 Å². The molecule has 6 atom stereocenters. The number of aliphatic imine (C=N–C) groups is 2. The molecule has 0 aromatic rings. The van der Waals surface area contributed by atoms with Crippen molar-refractivity contribution in [2.24, 2.45) is 35.8 Å². The highest BCUT2D eigenvalue weighted by Gasteiger charge is 2.79. The van der Waals surface area contributed by atoms with Gasteiger partial charge in [-0.05, 0) is 43.0 Å². The fourth-order valence-electron chi connectivity index (χ4n) is 7.65. The summed E-state index contributed by atoms with van der Waals surface area (Å²) in [5, 5.41) is 18.0. The van der Waals surface area contributed by atoms with Crippen molar-refractivity contribution in [2.45, 2.75) is 55.3 Å². The normalized spacial score (nSPS) is 38.7. The molecule has 222 valence electrons. The van der Waals surface area contributed by atoms with Gasteiger partial charge in [-0.3, -0.25) is 4.99 Å². The van der Waals surface area contributed by atoms with E-state index in [4.69, 9.17) is 48.5 Å². The van der Waals surface area contributed by atoms with E-state index >= 15 is 0 Å². The molecular weight excluding hydrogens is 562 g/mol. The number of ether oxygens (including phenoxy) is 3. The van der Waals surface area contributed by atoms with Gasteiger partial charge in [0.05, 0.1) is 49.3 Å². The van der Waals surface area contributed by atoms with Crippen LogP contribution in [0.4, 0.5) is 0 Å². The average Bonchev–Trinajstić information content (AvgIpc) is 3.89. The van der Waals surface area contributed by atoms with Gasteiger partial charge in [0.25, 0.3) is 0 Å². The van der Waals surface area contributed by atoms with Crippen LogP contribution >= 0.6 is 11.9 Å². The predicted molar refractivity (Wildman–Crippen MR) is 154 cm³/mol. The Kier molecular flexibility index (Phi) is 6.58. The Hall–Kier alpha value is -3.59. The lowest BCUT2D eigenvalue weighted by Gasteiger charge is -2.50. The van der Waals surface area contributed by atoms with Crippen molar-refractivity contribution >= 4 is 35.7 Å². The van der Waals surface area contributed by atoms with Gasteiger partial charge in [0.15, 0.2) is 11.9 Å². The van der Waals surface area contributed by atoms with Gasteiger partial charge in [-0.25, -0.2) is 14.4 Å². The third-order valence-electron chi connectivity index (χ3n) is 9.03. The zero-order valence-electron chi connectivity index (χ0n) is 23.1. The van der Waals surface area contributed by atoms with E-state index in [0.717, 1.165) is 36.4 Å². The molecule has 0 aromatic carbocycles. The van der Waals surface area contributed by atoms with Crippen molar-refractivity contribution < 1.29 is 23.9 Å². The minimum atomic E-state index is -0.980. The Bertz CT molecular complexity index is 1330. The number of hydrazine groups is 1. The van der Waals surface area contributed by atoms with Gasteiger partial charge in [-0.15, -0.1) is 10.1 Å². The number of amidine groups is 1. The van der Waals surface area contributed by atoms with E-state index in [1.807, 2.05) is 24.6 Å². The van der Waals surface area contributed by atoms with Crippen LogP contribution in [-0.4, -0.2) is 113 Å². The molecule has 0 N–H and O–H groups in total. The van der Waals surface area contributed by atoms with E-state index < -0.39 is 17.4 Å². The molecule has 14 nitrogen and oxygen atoms in total. The lowest BCUT2D eigenvalue weighted by molar-refractivity contribution is -0.152. The Morgan fingerprint density at radius 3 is 2.69 bits per heavy atom. The monoisotopic (exact) mass is 595 g/mol. The summed E-state index contributed by atoms with van der Waals surface area (Å²) in [5.74, 6) is 0.481. The molecule has 0 radical (unpaired) electrons. The molecule has 8 rings (SSSR count). The van der Waals surface area contributed by atoms with Crippen molar-refractivity contribution in [3.05, 3.63) is 36.8 Å². The summed E-state index contributed by atoms with van der Waals surface area (Å²) < 4.78 is 24.6. The van der Waals surface area contributed by atoms with E-state index in [1.54, 1.807) is 24.5 Å². The van der Waals surface area contributed by atoms with Gasteiger partial charge in [0, 0.05) is 30.4 Å². The third kappa shape index (κ3) is 3.68. The van der Waals surface area contributed by atoms with Crippen LogP contribution in [0.3, 0.4) is 0 Å². The molecule has 0 spiro atoms. The van der Waals surface area contributed by atoms with Crippen molar-refractivity contribution in [1.82, 2.24) is 14.9 Å². The summed E-state index contributed by atoms with van der Waals surface area (Å²) in [7, 11) is 0. The summed E-state index contributed by atoms with van der Waals surface area (Å²) in [6, 6.07) is 0.0992. The maximum atomic E-state index is 6.63. The Morgan fingerprint density at radius 2 is 2.02 bits per heavy atom. The van der Waals surface area contributed by atoms with Crippen LogP contribution < -0.4 is 0 Å². The van der Waals surface area contributed by atoms with Crippen LogP contribution in [0.1, 0.15) is 25.7 Å². The van der Waals surface area contributed by atoms with Gasteiger partial charge in [-0.2, -0.15) is 0 Å². The second-order valence-corrected chi connectivity index (χ2v) is 11.9. The van der Waals surface area contributed by atoms with Crippen molar-refractivity contribution in [3.63, 3.8) is 0 Å². The predicted octanol–water partition coefficient (Wildman–Crippen LogP) is 2.45. The molecule has 1 saturated heterocycles. The average molecular weight is 596 g/mol. The summed E-state index contributed by atoms with van der Waals surface area (Å²) >= 11 is 1.58. The van der Waals surface area contributed by atoms with Gasteiger partial charge >= 0.3 is 6.02 Å². The zero-order chi connectivity index (χ0) is 28.0. The first-order chi connectivity index (χ1) is 20.9. The van der Waals surface area contributed by atoms with Crippen molar-refractivity contribution in [2.75, 3.05) is 45.2 Å².